The lowest BCUT2D eigenvalue weighted by Gasteiger charge is -2.39. The second kappa shape index (κ2) is 12.6. The van der Waals surface area contributed by atoms with Gasteiger partial charge in [0.1, 0.15) is 12.6 Å². The molecule has 3 atom stereocenters. The van der Waals surface area contributed by atoms with Crippen LogP contribution in [-0.2, 0) is 20.9 Å². The van der Waals surface area contributed by atoms with Crippen molar-refractivity contribution in [2.24, 2.45) is 5.92 Å². The van der Waals surface area contributed by atoms with E-state index in [2.05, 4.69) is 29.6 Å². The van der Waals surface area contributed by atoms with Gasteiger partial charge in [-0.05, 0) is 54.6 Å². The third-order valence-corrected chi connectivity index (χ3v) is 8.31. The van der Waals surface area contributed by atoms with Crippen molar-refractivity contribution in [1.82, 2.24) is 15.1 Å². The van der Waals surface area contributed by atoms with Crippen LogP contribution < -0.4 is 5.32 Å². The largest absolute Gasteiger partial charge is 0.481 e. The number of nitrogens with zero attached hydrogens (tertiary/aromatic N) is 2. The van der Waals surface area contributed by atoms with Gasteiger partial charge >= 0.3 is 12.1 Å². The van der Waals surface area contributed by atoms with Crippen LogP contribution in [0.5, 0.6) is 0 Å². The van der Waals surface area contributed by atoms with E-state index in [4.69, 9.17) is 4.74 Å². The van der Waals surface area contributed by atoms with Gasteiger partial charge in [0.2, 0.25) is 5.91 Å². The Morgan fingerprint density at radius 1 is 0.976 bits per heavy atom. The molecule has 8 nitrogen and oxygen atoms in total. The van der Waals surface area contributed by atoms with Crippen LogP contribution >= 0.6 is 0 Å². The molecule has 5 rings (SSSR count). The van der Waals surface area contributed by atoms with Gasteiger partial charge in [0, 0.05) is 31.6 Å². The van der Waals surface area contributed by atoms with Crippen LogP contribution in [0.1, 0.15) is 42.4 Å². The monoisotopic (exact) mass is 555 g/mol. The van der Waals surface area contributed by atoms with Gasteiger partial charge in [0.05, 0.1) is 5.92 Å². The highest BCUT2D eigenvalue weighted by atomic mass is 16.5. The number of amides is 2. The SMILES string of the molecule is CC1C(C(=O)O)CCCN1C(=O)C(CN(C)Cc1ccccc1)NC(=O)OCC1c2ccccc2-c2ccccc21. The molecule has 3 aromatic carbocycles. The predicted molar refractivity (Wildman–Crippen MR) is 156 cm³/mol. The molecule has 3 aromatic rings. The summed E-state index contributed by atoms with van der Waals surface area (Å²) in [5.74, 6) is -1.93. The fourth-order valence-corrected chi connectivity index (χ4v) is 6.22. The van der Waals surface area contributed by atoms with Crippen molar-refractivity contribution in [1.29, 1.82) is 0 Å². The Bertz CT molecular complexity index is 1350. The number of alkyl carbamates (subject to hydrolysis) is 1. The van der Waals surface area contributed by atoms with Crippen LogP contribution in [0.25, 0.3) is 11.1 Å². The normalized spacial score (nSPS) is 18.9. The Morgan fingerprint density at radius 3 is 2.22 bits per heavy atom. The second-order valence-corrected chi connectivity index (χ2v) is 11.1. The number of carbonyl (C=O) groups excluding carboxylic acids is 2. The van der Waals surface area contributed by atoms with Crippen molar-refractivity contribution < 1.29 is 24.2 Å². The molecule has 1 fully saturated rings. The van der Waals surface area contributed by atoms with Crippen molar-refractivity contribution in [3.8, 4) is 11.1 Å². The van der Waals surface area contributed by atoms with Gasteiger partial charge in [0.25, 0.3) is 0 Å². The van der Waals surface area contributed by atoms with Crippen LogP contribution in [0.4, 0.5) is 4.79 Å². The van der Waals surface area contributed by atoms with Gasteiger partial charge in [-0.3, -0.25) is 14.5 Å². The first-order chi connectivity index (χ1) is 19.8. The summed E-state index contributed by atoms with van der Waals surface area (Å²) in [6.07, 6.45) is 0.459. The fourth-order valence-electron chi connectivity index (χ4n) is 6.22. The topological polar surface area (TPSA) is 99.2 Å². The van der Waals surface area contributed by atoms with Crippen LogP contribution in [0, 0.1) is 5.92 Å². The summed E-state index contributed by atoms with van der Waals surface area (Å²) in [5, 5.41) is 12.5. The molecule has 1 aliphatic heterocycles. The lowest BCUT2D eigenvalue weighted by Crippen LogP contribution is -2.58. The first-order valence-corrected chi connectivity index (χ1v) is 14.2. The molecule has 0 saturated carbocycles. The zero-order valence-corrected chi connectivity index (χ0v) is 23.5. The minimum absolute atomic E-state index is 0.0958. The number of rotatable bonds is 9. The summed E-state index contributed by atoms with van der Waals surface area (Å²) in [6, 6.07) is 24.8. The predicted octanol–water partition coefficient (Wildman–Crippen LogP) is 4.74. The summed E-state index contributed by atoms with van der Waals surface area (Å²) in [6.45, 7) is 3.20. The smallest absolute Gasteiger partial charge is 0.407 e. The maximum absolute atomic E-state index is 13.8. The van der Waals surface area contributed by atoms with Gasteiger partial charge in [-0.2, -0.15) is 0 Å². The maximum Gasteiger partial charge on any atom is 0.407 e. The summed E-state index contributed by atoms with van der Waals surface area (Å²) in [5.41, 5.74) is 5.58. The number of hydrogen-bond acceptors (Lipinski definition) is 5. The number of nitrogens with one attached hydrogen (secondary N) is 1. The lowest BCUT2D eigenvalue weighted by atomic mass is 9.90. The number of ether oxygens (including phenoxy) is 1. The molecule has 0 radical (unpaired) electrons. The van der Waals surface area contributed by atoms with E-state index in [1.54, 1.807) is 11.8 Å². The van der Waals surface area contributed by atoms with Crippen LogP contribution in [0.2, 0.25) is 0 Å². The number of carboxylic acids is 1. The molecule has 41 heavy (non-hydrogen) atoms. The zero-order valence-electron chi connectivity index (χ0n) is 23.5. The van der Waals surface area contributed by atoms with Gasteiger partial charge in [0.15, 0.2) is 0 Å². The first kappa shape index (κ1) is 28.4. The Kier molecular flexibility index (Phi) is 8.69. The molecular formula is C33H37N3O5. The molecular weight excluding hydrogens is 518 g/mol. The van der Waals surface area contributed by atoms with E-state index in [1.165, 1.54) is 0 Å². The van der Waals surface area contributed by atoms with Crippen molar-refractivity contribution in [3.63, 3.8) is 0 Å². The molecule has 2 amide bonds. The number of hydrogen-bond donors (Lipinski definition) is 2. The number of fused-ring (bicyclic) bond motifs is 3. The molecule has 0 spiro atoms. The molecule has 8 heteroatoms. The number of piperidine rings is 1. The Morgan fingerprint density at radius 2 is 1.59 bits per heavy atom. The minimum atomic E-state index is -0.905. The van der Waals surface area contributed by atoms with E-state index in [9.17, 15) is 19.5 Å². The Balaban J connectivity index is 1.30. The third kappa shape index (κ3) is 6.28. The molecule has 0 bridgehead atoms. The van der Waals surface area contributed by atoms with E-state index >= 15 is 0 Å². The molecule has 1 heterocycles. The van der Waals surface area contributed by atoms with E-state index in [-0.39, 0.29) is 25.0 Å². The van der Waals surface area contributed by atoms with Gasteiger partial charge in [-0.25, -0.2) is 4.79 Å². The van der Waals surface area contributed by atoms with Crippen molar-refractivity contribution in [2.75, 3.05) is 26.7 Å². The van der Waals surface area contributed by atoms with Gasteiger partial charge in [-0.15, -0.1) is 0 Å². The quantitative estimate of drug-likeness (QED) is 0.396. The zero-order chi connectivity index (χ0) is 28.9. The average Bonchev–Trinajstić information content (AvgIpc) is 3.29. The van der Waals surface area contributed by atoms with E-state index in [1.807, 2.05) is 66.5 Å². The van der Waals surface area contributed by atoms with Crippen molar-refractivity contribution >= 4 is 18.0 Å². The van der Waals surface area contributed by atoms with E-state index < -0.39 is 30.1 Å². The molecule has 2 N–H and O–H groups in total. The highest BCUT2D eigenvalue weighted by Gasteiger charge is 2.39. The average molecular weight is 556 g/mol. The molecule has 1 aliphatic carbocycles. The van der Waals surface area contributed by atoms with Gasteiger partial charge in [-0.1, -0.05) is 78.9 Å². The van der Waals surface area contributed by atoms with E-state index in [0.29, 0.717) is 25.9 Å². The number of benzene rings is 3. The number of carboxylic acid groups (broad SMARTS) is 1. The third-order valence-electron chi connectivity index (χ3n) is 8.31. The second-order valence-electron chi connectivity index (χ2n) is 11.1. The summed E-state index contributed by atoms with van der Waals surface area (Å²) >= 11 is 0. The standard InChI is InChI=1S/C33H37N3O5/c1-22-24(32(38)39)17-10-18-36(22)31(37)30(20-35(2)19-23-11-4-3-5-12-23)34-33(40)41-21-29-27-15-8-6-13-25(27)26-14-7-9-16-28(26)29/h3-9,11-16,22,24,29-30H,10,17-21H2,1-2H3,(H,34,40)(H,38,39). The van der Waals surface area contributed by atoms with Gasteiger partial charge < -0.3 is 20.1 Å². The summed E-state index contributed by atoms with van der Waals surface area (Å²) < 4.78 is 5.76. The summed E-state index contributed by atoms with van der Waals surface area (Å²) in [4.78, 5) is 42.4. The number of aliphatic carboxylic acids is 1. The molecule has 1 saturated heterocycles. The Labute approximate surface area is 240 Å². The Hall–Kier alpha value is -4.17. The maximum atomic E-state index is 13.8. The van der Waals surface area contributed by atoms with Crippen LogP contribution in [0.15, 0.2) is 78.9 Å². The molecule has 214 valence electrons. The van der Waals surface area contributed by atoms with Crippen molar-refractivity contribution in [3.05, 3.63) is 95.6 Å². The lowest BCUT2D eigenvalue weighted by molar-refractivity contribution is -0.150. The molecule has 3 unspecified atom stereocenters. The fraction of sp³-hybridized carbons (Fsp3) is 0.364. The van der Waals surface area contributed by atoms with Crippen LogP contribution in [-0.4, -0.2) is 71.7 Å². The molecule has 0 aromatic heterocycles. The summed E-state index contributed by atoms with van der Waals surface area (Å²) in [7, 11) is 1.90. The van der Waals surface area contributed by atoms with Crippen molar-refractivity contribution in [2.45, 2.75) is 44.3 Å². The number of likely N-dealkylation sites (tertiary alicyclic amines) is 1. The van der Waals surface area contributed by atoms with E-state index in [0.717, 1.165) is 27.8 Å². The first-order valence-electron chi connectivity index (χ1n) is 14.2. The molecule has 2 aliphatic rings. The highest BCUT2D eigenvalue weighted by molar-refractivity contribution is 5.87. The minimum Gasteiger partial charge on any atom is -0.481 e. The van der Waals surface area contributed by atoms with Crippen LogP contribution in [0.3, 0.4) is 0 Å². The highest BCUT2D eigenvalue weighted by Crippen LogP contribution is 2.44. The number of likely N-dealkylation sites (N-methyl/N-ethyl adjacent to an activating group) is 1. The number of carbonyl (C=O) groups is 3.